The topological polar surface area (TPSA) is 32.3 Å². The summed E-state index contributed by atoms with van der Waals surface area (Å²) in [6.45, 7) is 10.0. The monoisotopic (exact) mass is 255 g/mol. The molecular weight excluding hydrogens is 230 g/mol. The van der Waals surface area contributed by atoms with Gasteiger partial charge in [0.25, 0.3) is 0 Å². The predicted molar refractivity (Wildman–Crippen MR) is 75.7 cm³/mol. The standard InChI is InChI=1S/C14H25NOS/c1-10(9-16)6-5-7-15-12(3)14-8-11(2)17-13(14)4/h8,10,12,15-16H,5-7,9H2,1-4H3. The van der Waals surface area contributed by atoms with E-state index in [2.05, 4.69) is 39.1 Å². The van der Waals surface area contributed by atoms with Crippen LogP contribution in [0, 0.1) is 19.8 Å². The maximum Gasteiger partial charge on any atom is 0.0456 e. The number of aliphatic hydroxyl groups is 1. The zero-order valence-electron chi connectivity index (χ0n) is 11.4. The van der Waals surface area contributed by atoms with Gasteiger partial charge in [-0.15, -0.1) is 11.3 Å². The Bertz CT molecular complexity index is 335. The van der Waals surface area contributed by atoms with Crippen LogP contribution >= 0.6 is 11.3 Å². The molecule has 0 spiro atoms. The first-order chi connectivity index (χ1) is 8.04. The van der Waals surface area contributed by atoms with E-state index in [0.717, 1.165) is 19.4 Å². The maximum atomic E-state index is 8.94. The average Bonchev–Trinajstić information content (AvgIpc) is 2.63. The van der Waals surface area contributed by atoms with Gasteiger partial charge in [0.05, 0.1) is 0 Å². The molecule has 17 heavy (non-hydrogen) atoms. The van der Waals surface area contributed by atoms with E-state index in [0.29, 0.717) is 18.6 Å². The SMILES string of the molecule is Cc1cc(C(C)NCCCC(C)CO)c(C)s1. The van der Waals surface area contributed by atoms with Gasteiger partial charge in [-0.3, -0.25) is 0 Å². The van der Waals surface area contributed by atoms with Crippen molar-refractivity contribution in [2.75, 3.05) is 13.2 Å². The predicted octanol–water partition coefficient (Wildman–Crippen LogP) is 3.42. The Balaban J connectivity index is 2.30. The van der Waals surface area contributed by atoms with E-state index < -0.39 is 0 Å². The van der Waals surface area contributed by atoms with E-state index >= 15 is 0 Å². The summed E-state index contributed by atoms with van der Waals surface area (Å²) in [5.41, 5.74) is 1.43. The molecule has 1 heterocycles. The molecule has 98 valence electrons. The zero-order chi connectivity index (χ0) is 12.8. The van der Waals surface area contributed by atoms with Crippen molar-refractivity contribution in [3.8, 4) is 0 Å². The van der Waals surface area contributed by atoms with Crippen LogP contribution in [0.3, 0.4) is 0 Å². The second-order valence-corrected chi connectivity index (χ2v) is 6.43. The lowest BCUT2D eigenvalue weighted by Gasteiger charge is -2.14. The van der Waals surface area contributed by atoms with Crippen molar-refractivity contribution in [2.24, 2.45) is 5.92 Å². The fourth-order valence-electron chi connectivity index (χ4n) is 2.05. The van der Waals surface area contributed by atoms with Gasteiger partial charge in [0, 0.05) is 22.4 Å². The smallest absolute Gasteiger partial charge is 0.0456 e. The number of aryl methyl sites for hydroxylation is 2. The minimum Gasteiger partial charge on any atom is -0.396 e. The van der Waals surface area contributed by atoms with E-state index in [1.165, 1.54) is 15.3 Å². The van der Waals surface area contributed by atoms with Crippen LogP contribution < -0.4 is 5.32 Å². The Morgan fingerprint density at radius 1 is 1.35 bits per heavy atom. The van der Waals surface area contributed by atoms with Gasteiger partial charge in [0.15, 0.2) is 0 Å². The van der Waals surface area contributed by atoms with Crippen LogP contribution in [0.5, 0.6) is 0 Å². The van der Waals surface area contributed by atoms with Crippen LogP contribution in [0.1, 0.15) is 48.0 Å². The van der Waals surface area contributed by atoms with E-state index in [4.69, 9.17) is 5.11 Å². The molecule has 0 aliphatic carbocycles. The molecular formula is C14H25NOS. The molecule has 2 atom stereocenters. The zero-order valence-corrected chi connectivity index (χ0v) is 12.2. The van der Waals surface area contributed by atoms with Gasteiger partial charge in [-0.25, -0.2) is 0 Å². The second-order valence-electron chi connectivity index (χ2n) is 4.97. The highest BCUT2D eigenvalue weighted by Gasteiger charge is 2.10. The minimum absolute atomic E-state index is 0.304. The van der Waals surface area contributed by atoms with Crippen molar-refractivity contribution in [1.29, 1.82) is 0 Å². The summed E-state index contributed by atoms with van der Waals surface area (Å²) in [6, 6.07) is 2.72. The van der Waals surface area contributed by atoms with Gasteiger partial charge in [-0.05, 0) is 57.7 Å². The fraction of sp³-hybridized carbons (Fsp3) is 0.714. The molecule has 1 aromatic heterocycles. The lowest BCUT2D eigenvalue weighted by atomic mass is 10.1. The first-order valence-electron chi connectivity index (χ1n) is 6.45. The summed E-state index contributed by atoms with van der Waals surface area (Å²) in [5.74, 6) is 0.428. The molecule has 0 aromatic carbocycles. The molecule has 0 fully saturated rings. The van der Waals surface area contributed by atoms with E-state index in [9.17, 15) is 0 Å². The number of aliphatic hydroxyl groups excluding tert-OH is 1. The van der Waals surface area contributed by atoms with Crippen molar-refractivity contribution >= 4 is 11.3 Å². The van der Waals surface area contributed by atoms with Gasteiger partial charge >= 0.3 is 0 Å². The third-order valence-corrected chi connectivity index (χ3v) is 4.16. The lowest BCUT2D eigenvalue weighted by Crippen LogP contribution is -2.20. The highest BCUT2D eigenvalue weighted by atomic mass is 32.1. The van der Waals surface area contributed by atoms with Crippen LogP contribution in [0.2, 0.25) is 0 Å². The number of thiophene rings is 1. The molecule has 2 unspecified atom stereocenters. The minimum atomic E-state index is 0.304. The molecule has 3 heteroatoms. The Kier molecular flexibility index (Phi) is 6.17. The average molecular weight is 255 g/mol. The Morgan fingerprint density at radius 2 is 2.06 bits per heavy atom. The number of hydrogen-bond donors (Lipinski definition) is 2. The lowest BCUT2D eigenvalue weighted by molar-refractivity contribution is 0.227. The highest BCUT2D eigenvalue weighted by Crippen LogP contribution is 2.26. The third kappa shape index (κ3) is 4.78. The van der Waals surface area contributed by atoms with Gasteiger partial charge < -0.3 is 10.4 Å². The van der Waals surface area contributed by atoms with Crippen LogP contribution in [0.4, 0.5) is 0 Å². The van der Waals surface area contributed by atoms with Crippen LogP contribution in [-0.2, 0) is 0 Å². The molecule has 0 saturated carbocycles. The summed E-state index contributed by atoms with van der Waals surface area (Å²) >= 11 is 1.87. The van der Waals surface area contributed by atoms with Gasteiger partial charge in [-0.1, -0.05) is 6.92 Å². The summed E-state index contributed by atoms with van der Waals surface area (Å²) in [7, 11) is 0. The highest BCUT2D eigenvalue weighted by molar-refractivity contribution is 7.12. The van der Waals surface area contributed by atoms with Gasteiger partial charge in [-0.2, -0.15) is 0 Å². The Morgan fingerprint density at radius 3 is 2.59 bits per heavy atom. The molecule has 0 saturated heterocycles. The molecule has 0 amide bonds. The second kappa shape index (κ2) is 7.14. The van der Waals surface area contributed by atoms with Crippen molar-refractivity contribution < 1.29 is 5.11 Å². The molecule has 0 aliphatic heterocycles. The summed E-state index contributed by atoms with van der Waals surface area (Å²) < 4.78 is 0. The van der Waals surface area contributed by atoms with Crippen LogP contribution in [0.25, 0.3) is 0 Å². The largest absolute Gasteiger partial charge is 0.396 e. The van der Waals surface area contributed by atoms with Crippen LogP contribution in [-0.4, -0.2) is 18.3 Å². The molecule has 0 radical (unpaired) electrons. The quantitative estimate of drug-likeness (QED) is 0.732. The van der Waals surface area contributed by atoms with Crippen molar-refractivity contribution in [3.05, 3.63) is 21.4 Å². The molecule has 2 N–H and O–H groups in total. The fourth-order valence-corrected chi connectivity index (χ4v) is 3.07. The summed E-state index contributed by atoms with van der Waals surface area (Å²) in [4.78, 5) is 2.81. The summed E-state index contributed by atoms with van der Waals surface area (Å²) in [5, 5.41) is 12.5. The van der Waals surface area contributed by atoms with Crippen molar-refractivity contribution in [1.82, 2.24) is 5.32 Å². The van der Waals surface area contributed by atoms with E-state index in [-0.39, 0.29) is 0 Å². The van der Waals surface area contributed by atoms with Crippen molar-refractivity contribution in [2.45, 2.75) is 46.6 Å². The molecule has 0 aliphatic rings. The van der Waals surface area contributed by atoms with Gasteiger partial charge in [0.1, 0.15) is 0 Å². The molecule has 1 rings (SSSR count). The third-order valence-electron chi connectivity index (χ3n) is 3.18. The molecule has 2 nitrogen and oxygen atoms in total. The maximum absolute atomic E-state index is 8.94. The van der Waals surface area contributed by atoms with E-state index in [1.54, 1.807) is 0 Å². The van der Waals surface area contributed by atoms with E-state index in [1.807, 2.05) is 11.3 Å². The van der Waals surface area contributed by atoms with Gasteiger partial charge in [0.2, 0.25) is 0 Å². The molecule has 1 aromatic rings. The number of hydrogen-bond acceptors (Lipinski definition) is 3. The first-order valence-corrected chi connectivity index (χ1v) is 7.27. The van der Waals surface area contributed by atoms with Crippen molar-refractivity contribution in [3.63, 3.8) is 0 Å². The molecule has 0 bridgehead atoms. The van der Waals surface area contributed by atoms with Crippen LogP contribution in [0.15, 0.2) is 6.07 Å². The number of rotatable bonds is 7. The Labute approximate surface area is 109 Å². The Hall–Kier alpha value is -0.380. The first kappa shape index (κ1) is 14.7. The summed E-state index contributed by atoms with van der Waals surface area (Å²) in [6.07, 6.45) is 2.23. The normalized spacial score (nSPS) is 14.9. The number of nitrogens with one attached hydrogen (secondary N) is 1.